The van der Waals surface area contributed by atoms with E-state index in [1.165, 1.54) is 34.6 Å². The highest BCUT2D eigenvalue weighted by molar-refractivity contribution is 7.89. The van der Waals surface area contributed by atoms with E-state index in [0.717, 1.165) is 0 Å². The standard InChI is InChI=1S/C13H17NO4S/c1-4-9-14(10(2)3)19(17,18)12-8-6-5-7-11(12)13(15)16/h4-8,10H,1,9H2,2-3H3,(H,15,16). The van der Waals surface area contributed by atoms with Gasteiger partial charge in [-0.1, -0.05) is 18.2 Å². The number of hydrogen-bond acceptors (Lipinski definition) is 3. The molecule has 0 saturated heterocycles. The van der Waals surface area contributed by atoms with Crippen LogP contribution in [0.2, 0.25) is 0 Å². The quantitative estimate of drug-likeness (QED) is 0.810. The number of hydrogen-bond donors (Lipinski definition) is 1. The van der Waals surface area contributed by atoms with Gasteiger partial charge in [0.25, 0.3) is 0 Å². The van der Waals surface area contributed by atoms with E-state index in [1.807, 2.05) is 0 Å². The van der Waals surface area contributed by atoms with Crippen molar-refractivity contribution in [2.45, 2.75) is 24.8 Å². The molecule has 5 nitrogen and oxygen atoms in total. The van der Waals surface area contributed by atoms with Crippen LogP contribution in [0, 0.1) is 0 Å². The van der Waals surface area contributed by atoms with Crippen molar-refractivity contribution in [3.8, 4) is 0 Å². The van der Waals surface area contributed by atoms with Crippen LogP contribution >= 0.6 is 0 Å². The number of aromatic carboxylic acids is 1. The highest BCUT2D eigenvalue weighted by Crippen LogP contribution is 2.22. The number of benzene rings is 1. The summed E-state index contributed by atoms with van der Waals surface area (Å²) in [5, 5.41) is 9.08. The summed E-state index contributed by atoms with van der Waals surface area (Å²) in [5.41, 5.74) is -0.225. The number of rotatable bonds is 6. The third-order valence-corrected chi connectivity index (χ3v) is 4.69. The number of carboxylic acid groups (broad SMARTS) is 1. The van der Waals surface area contributed by atoms with E-state index in [2.05, 4.69) is 6.58 Å². The highest BCUT2D eigenvalue weighted by Gasteiger charge is 2.29. The lowest BCUT2D eigenvalue weighted by Crippen LogP contribution is -2.37. The summed E-state index contributed by atoms with van der Waals surface area (Å²) in [6.07, 6.45) is 1.47. The van der Waals surface area contributed by atoms with Crippen LogP contribution in [0.3, 0.4) is 0 Å². The normalized spacial score (nSPS) is 11.8. The maximum absolute atomic E-state index is 12.5. The third-order valence-electron chi connectivity index (χ3n) is 2.59. The summed E-state index contributed by atoms with van der Waals surface area (Å²) >= 11 is 0. The zero-order valence-corrected chi connectivity index (χ0v) is 11.7. The Labute approximate surface area is 113 Å². The monoisotopic (exact) mass is 283 g/mol. The Bertz CT molecular complexity index is 578. The summed E-state index contributed by atoms with van der Waals surface area (Å²) in [4.78, 5) is 10.9. The van der Waals surface area contributed by atoms with Gasteiger partial charge in [0.1, 0.15) is 0 Å². The van der Waals surface area contributed by atoms with Gasteiger partial charge >= 0.3 is 5.97 Å². The van der Waals surface area contributed by atoms with E-state index in [0.29, 0.717) is 0 Å². The minimum Gasteiger partial charge on any atom is -0.478 e. The first-order valence-corrected chi connectivity index (χ1v) is 7.21. The van der Waals surface area contributed by atoms with Gasteiger partial charge < -0.3 is 5.11 Å². The van der Waals surface area contributed by atoms with Gasteiger partial charge in [0.2, 0.25) is 10.0 Å². The summed E-state index contributed by atoms with van der Waals surface area (Å²) in [5.74, 6) is -1.26. The van der Waals surface area contributed by atoms with Crippen molar-refractivity contribution in [2.75, 3.05) is 6.54 Å². The highest BCUT2D eigenvalue weighted by atomic mass is 32.2. The molecule has 0 radical (unpaired) electrons. The molecule has 0 aliphatic carbocycles. The first kappa shape index (κ1) is 15.4. The average molecular weight is 283 g/mol. The average Bonchev–Trinajstić information content (AvgIpc) is 2.35. The van der Waals surface area contributed by atoms with Crippen molar-refractivity contribution in [2.24, 2.45) is 0 Å². The van der Waals surface area contributed by atoms with Crippen molar-refractivity contribution in [3.63, 3.8) is 0 Å². The molecule has 1 aromatic carbocycles. The Balaban J connectivity index is 3.41. The molecule has 0 atom stereocenters. The molecule has 1 rings (SSSR count). The van der Waals surface area contributed by atoms with Crippen LogP contribution in [0.1, 0.15) is 24.2 Å². The lowest BCUT2D eigenvalue weighted by molar-refractivity contribution is 0.0692. The number of nitrogens with zero attached hydrogens (tertiary/aromatic N) is 1. The van der Waals surface area contributed by atoms with Gasteiger partial charge in [-0.25, -0.2) is 13.2 Å². The number of carboxylic acids is 1. The molecule has 0 bridgehead atoms. The SMILES string of the molecule is C=CCN(C(C)C)S(=O)(=O)c1ccccc1C(=O)O. The molecule has 6 heteroatoms. The molecule has 104 valence electrons. The smallest absolute Gasteiger partial charge is 0.337 e. The fourth-order valence-electron chi connectivity index (χ4n) is 1.71. The molecule has 0 spiro atoms. The molecule has 0 saturated carbocycles. The van der Waals surface area contributed by atoms with Gasteiger partial charge in [0.15, 0.2) is 0 Å². The van der Waals surface area contributed by atoms with Crippen molar-refractivity contribution in [3.05, 3.63) is 42.5 Å². The third kappa shape index (κ3) is 3.21. The summed E-state index contributed by atoms with van der Waals surface area (Å²) in [7, 11) is -3.86. The molecular formula is C13H17NO4S. The van der Waals surface area contributed by atoms with Crippen LogP contribution in [0.4, 0.5) is 0 Å². The second kappa shape index (κ2) is 5.99. The lowest BCUT2D eigenvalue weighted by Gasteiger charge is -2.25. The van der Waals surface area contributed by atoms with Crippen LogP contribution < -0.4 is 0 Å². The second-order valence-electron chi connectivity index (χ2n) is 4.26. The van der Waals surface area contributed by atoms with Crippen LogP contribution in [0.5, 0.6) is 0 Å². The summed E-state index contributed by atoms with van der Waals surface area (Å²) in [6.45, 7) is 7.11. The zero-order chi connectivity index (χ0) is 14.6. The predicted molar refractivity (Wildman–Crippen MR) is 72.6 cm³/mol. The van der Waals surface area contributed by atoms with Crippen molar-refractivity contribution >= 4 is 16.0 Å². The van der Waals surface area contributed by atoms with Gasteiger partial charge in [0, 0.05) is 12.6 Å². The molecule has 0 aliphatic heterocycles. The van der Waals surface area contributed by atoms with E-state index in [-0.39, 0.29) is 23.0 Å². The number of sulfonamides is 1. The van der Waals surface area contributed by atoms with Crippen LogP contribution in [0.15, 0.2) is 41.8 Å². The number of carbonyl (C=O) groups is 1. The van der Waals surface area contributed by atoms with Gasteiger partial charge in [-0.15, -0.1) is 6.58 Å². The fourth-order valence-corrected chi connectivity index (χ4v) is 3.50. The molecule has 0 heterocycles. The van der Waals surface area contributed by atoms with Crippen LogP contribution in [-0.4, -0.2) is 36.4 Å². The Kier molecular flexibility index (Phi) is 4.85. The predicted octanol–water partition coefficient (Wildman–Crippen LogP) is 1.97. The van der Waals surface area contributed by atoms with Gasteiger partial charge in [-0.2, -0.15) is 4.31 Å². The first-order chi connectivity index (χ1) is 8.82. The van der Waals surface area contributed by atoms with Crippen LogP contribution in [0.25, 0.3) is 0 Å². The summed E-state index contributed by atoms with van der Waals surface area (Å²) < 4.78 is 26.2. The molecule has 19 heavy (non-hydrogen) atoms. The Morgan fingerprint density at radius 2 is 2.00 bits per heavy atom. The largest absolute Gasteiger partial charge is 0.478 e. The molecule has 0 aromatic heterocycles. The molecule has 0 unspecified atom stereocenters. The maximum Gasteiger partial charge on any atom is 0.337 e. The molecule has 1 aromatic rings. The van der Waals surface area contributed by atoms with E-state index in [4.69, 9.17) is 5.11 Å². The molecule has 0 amide bonds. The Morgan fingerprint density at radius 3 is 2.47 bits per heavy atom. The van der Waals surface area contributed by atoms with E-state index in [1.54, 1.807) is 13.8 Å². The molecule has 0 fully saturated rings. The van der Waals surface area contributed by atoms with Gasteiger partial charge in [-0.3, -0.25) is 0 Å². The minimum atomic E-state index is -3.86. The van der Waals surface area contributed by atoms with Gasteiger partial charge in [0.05, 0.1) is 10.5 Å². The maximum atomic E-state index is 12.5. The topological polar surface area (TPSA) is 74.7 Å². The van der Waals surface area contributed by atoms with Gasteiger partial charge in [-0.05, 0) is 26.0 Å². The zero-order valence-electron chi connectivity index (χ0n) is 10.9. The molecule has 1 N–H and O–H groups in total. The summed E-state index contributed by atoms with van der Waals surface area (Å²) in [6, 6.07) is 5.30. The Hall–Kier alpha value is -1.66. The minimum absolute atomic E-state index is 0.133. The van der Waals surface area contributed by atoms with Crippen molar-refractivity contribution < 1.29 is 18.3 Å². The van der Waals surface area contributed by atoms with Crippen molar-refractivity contribution in [1.82, 2.24) is 4.31 Å². The molecular weight excluding hydrogens is 266 g/mol. The fraction of sp³-hybridized carbons (Fsp3) is 0.308. The van der Waals surface area contributed by atoms with Crippen molar-refractivity contribution in [1.29, 1.82) is 0 Å². The Morgan fingerprint density at radius 1 is 1.42 bits per heavy atom. The first-order valence-electron chi connectivity index (χ1n) is 5.77. The van der Waals surface area contributed by atoms with E-state index < -0.39 is 16.0 Å². The second-order valence-corrected chi connectivity index (χ2v) is 6.12. The lowest BCUT2D eigenvalue weighted by atomic mass is 10.2. The van der Waals surface area contributed by atoms with Crippen LogP contribution in [-0.2, 0) is 10.0 Å². The van der Waals surface area contributed by atoms with E-state index >= 15 is 0 Å². The van der Waals surface area contributed by atoms with E-state index in [9.17, 15) is 13.2 Å². The molecule has 0 aliphatic rings.